The second-order valence-corrected chi connectivity index (χ2v) is 4.78. The quantitative estimate of drug-likeness (QED) is 0.820. The van der Waals surface area contributed by atoms with Crippen LogP contribution in [0.5, 0.6) is 0 Å². The number of benzene rings is 1. The molecule has 3 rings (SSSR count). The first kappa shape index (κ1) is 12.2. The number of amidine groups is 1. The van der Waals surface area contributed by atoms with E-state index in [1.807, 2.05) is 24.3 Å². The number of esters is 1. The Hall–Kier alpha value is -1.88. The molecular weight excluding hydrogens is 244 g/mol. The van der Waals surface area contributed by atoms with Gasteiger partial charge in [0, 0.05) is 19.4 Å². The van der Waals surface area contributed by atoms with Crippen molar-refractivity contribution in [2.75, 3.05) is 6.61 Å². The number of aliphatic hydroxyl groups is 1. The minimum atomic E-state index is -1.57. The van der Waals surface area contributed by atoms with Crippen LogP contribution in [0.4, 0.5) is 5.69 Å². The van der Waals surface area contributed by atoms with E-state index in [9.17, 15) is 9.90 Å². The predicted molar refractivity (Wildman–Crippen MR) is 69.9 cm³/mol. The second-order valence-electron chi connectivity index (χ2n) is 4.78. The Morgan fingerprint density at radius 3 is 3.11 bits per heavy atom. The monoisotopic (exact) mass is 260 g/mol. The van der Waals surface area contributed by atoms with Crippen molar-refractivity contribution in [2.45, 2.75) is 32.0 Å². The maximum Gasteiger partial charge on any atom is 0.359 e. The van der Waals surface area contributed by atoms with Crippen LogP contribution in [-0.4, -0.2) is 34.1 Å². The molecule has 1 aromatic carbocycles. The van der Waals surface area contributed by atoms with Crippen LogP contribution in [0, 0.1) is 0 Å². The molecule has 19 heavy (non-hydrogen) atoms. The van der Waals surface area contributed by atoms with Gasteiger partial charge in [0.1, 0.15) is 5.84 Å². The molecule has 1 aromatic rings. The summed E-state index contributed by atoms with van der Waals surface area (Å²) in [6, 6.07) is 7.77. The zero-order valence-corrected chi connectivity index (χ0v) is 10.8. The average molecular weight is 260 g/mol. The highest BCUT2D eigenvalue weighted by Crippen LogP contribution is 2.37. The van der Waals surface area contributed by atoms with E-state index in [0.29, 0.717) is 19.4 Å². The van der Waals surface area contributed by atoms with E-state index < -0.39 is 11.7 Å². The highest BCUT2D eigenvalue weighted by molar-refractivity contribution is 5.95. The molecule has 0 bridgehead atoms. The first-order chi connectivity index (χ1) is 9.15. The van der Waals surface area contributed by atoms with Gasteiger partial charge in [-0.1, -0.05) is 18.2 Å². The molecule has 0 aliphatic carbocycles. The third-order valence-electron chi connectivity index (χ3n) is 3.63. The zero-order chi connectivity index (χ0) is 13.5. The Morgan fingerprint density at radius 1 is 1.53 bits per heavy atom. The van der Waals surface area contributed by atoms with Gasteiger partial charge in [-0.05, 0) is 18.6 Å². The summed E-state index contributed by atoms with van der Waals surface area (Å²) in [6.45, 7) is 2.49. The molecule has 2 aliphatic rings. The van der Waals surface area contributed by atoms with Crippen LogP contribution in [0.3, 0.4) is 0 Å². The number of para-hydroxylation sites is 1. The van der Waals surface area contributed by atoms with Gasteiger partial charge in [-0.2, -0.15) is 0 Å². The number of fused-ring (bicyclic) bond motifs is 2. The maximum absolute atomic E-state index is 12.0. The fraction of sp³-hybridized carbons (Fsp3) is 0.429. The number of rotatable bonds is 2. The largest absolute Gasteiger partial charge is 0.462 e. The van der Waals surface area contributed by atoms with Gasteiger partial charge in [0.15, 0.2) is 0 Å². The molecule has 1 atom stereocenters. The van der Waals surface area contributed by atoms with Gasteiger partial charge < -0.3 is 14.7 Å². The lowest BCUT2D eigenvalue weighted by Crippen LogP contribution is -2.52. The van der Waals surface area contributed by atoms with Gasteiger partial charge in [-0.25, -0.2) is 9.79 Å². The van der Waals surface area contributed by atoms with Crippen LogP contribution >= 0.6 is 0 Å². The Bertz CT molecular complexity index is 555. The first-order valence-corrected chi connectivity index (χ1v) is 6.48. The molecule has 0 amide bonds. The minimum Gasteiger partial charge on any atom is -0.462 e. The van der Waals surface area contributed by atoms with E-state index in [1.165, 1.54) is 0 Å². The summed E-state index contributed by atoms with van der Waals surface area (Å²) in [5.41, 5.74) is 0.361. The zero-order valence-electron chi connectivity index (χ0n) is 10.8. The van der Waals surface area contributed by atoms with Gasteiger partial charge >= 0.3 is 5.97 Å². The molecule has 1 fully saturated rings. The molecule has 0 saturated carbocycles. The molecule has 0 radical (unpaired) electrons. The van der Waals surface area contributed by atoms with E-state index in [4.69, 9.17) is 4.74 Å². The Labute approximate surface area is 111 Å². The van der Waals surface area contributed by atoms with Crippen molar-refractivity contribution >= 4 is 17.5 Å². The van der Waals surface area contributed by atoms with Crippen molar-refractivity contribution < 1.29 is 14.6 Å². The van der Waals surface area contributed by atoms with Crippen molar-refractivity contribution in [3.8, 4) is 0 Å². The topological polar surface area (TPSA) is 62.1 Å². The standard InChI is InChI=1S/C14H16N2O3/c1-2-19-13(17)14(18)8-7-12-15-11-6-4-3-5-10(11)9-16(12)14/h3-6,18H,2,7-9H2,1H3. The van der Waals surface area contributed by atoms with Crippen molar-refractivity contribution in [1.29, 1.82) is 0 Å². The fourth-order valence-electron chi connectivity index (χ4n) is 2.63. The summed E-state index contributed by atoms with van der Waals surface area (Å²) in [5.74, 6) is 0.175. The van der Waals surface area contributed by atoms with E-state index in [2.05, 4.69) is 4.99 Å². The SMILES string of the molecule is CCOC(=O)C1(O)CCC2=Nc3ccccc3CN21. The molecular formula is C14H16N2O3. The highest BCUT2D eigenvalue weighted by atomic mass is 16.6. The lowest BCUT2D eigenvalue weighted by atomic mass is 10.1. The lowest BCUT2D eigenvalue weighted by Gasteiger charge is -2.35. The smallest absolute Gasteiger partial charge is 0.359 e. The number of hydrogen-bond donors (Lipinski definition) is 1. The van der Waals surface area contributed by atoms with E-state index >= 15 is 0 Å². The van der Waals surface area contributed by atoms with Crippen LogP contribution in [-0.2, 0) is 16.1 Å². The van der Waals surface area contributed by atoms with Crippen molar-refractivity contribution in [1.82, 2.24) is 4.90 Å². The third kappa shape index (κ3) is 1.81. The van der Waals surface area contributed by atoms with Crippen molar-refractivity contribution in [3.63, 3.8) is 0 Å². The molecule has 0 spiro atoms. The molecule has 0 aromatic heterocycles. The van der Waals surface area contributed by atoms with Crippen molar-refractivity contribution in [2.24, 2.45) is 4.99 Å². The summed E-state index contributed by atoms with van der Waals surface area (Å²) in [4.78, 5) is 18.1. The van der Waals surface area contributed by atoms with Crippen LogP contribution in [0.25, 0.3) is 0 Å². The molecule has 100 valence electrons. The Kier molecular flexibility index (Phi) is 2.78. The molecule has 5 heteroatoms. The Balaban J connectivity index is 1.95. The number of carbonyl (C=O) groups excluding carboxylic acids is 1. The minimum absolute atomic E-state index is 0.262. The summed E-state index contributed by atoms with van der Waals surface area (Å²) >= 11 is 0. The molecule has 2 heterocycles. The summed E-state index contributed by atoms with van der Waals surface area (Å²) in [6.07, 6.45) is 0.919. The van der Waals surface area contributed by atoms with Crippen LogP contribution < -0.4 is 0 Å². The average Bonchev–Trinajstić information content (AvgIpc) is 2.75. The van der Waals surface area contributed by atoms with Gasteiger partial charge in [-0.15, -0.1) is 0 Å². The molecule has 1 N–H and O–H groups in total. The summed E-state index contributed by atoms with van der Waals surface area (Å²) < 4.78 is 4.98. The Morgan fingerprint density at radius 2 is 2.32 bits per heavy atom. The van der Waals surface area contributed by atoms with Crippen LogP contribution in [0.15, 0.2) is 29.3 Å². The van der Waals surface area contributed by atoms with Crippen LogP contribution in [0.1, 0.15) is 25.3 Å². The van der Waals surface area contributed by atoms with Gasteiger partial charge in [0.05, 0.1) is 12.3 Å². The number of carbonyl (C=O) groups is 1. The number of aliphatic imine (C=N–C) groups is 1. The highest BCUT2D eigenvalue weighted by Gasteiger charge is 2.51. The molecule has 2 aliphatic heterocycles. The van der Waals surface area contributed by atoms with E-state index in [1.54, 1.807) is 11.8 Å². The molecule has 5 nitrogen and oxygen atoms in total. The normalized spacial score (nSPS) is 24.5. The lowest BCUT2D eigenvalue weighted by molar-refractivity contribution is -0.179. The number of hydrogen-bond acceptors (Lipinski definition) is 5. The summed E-state index contributed by atoms with van der Waals surface area (Å²) in [5, 5.41) is 10.6. The van der Waals surface area contributed by atoms with Gasteiger partial charge in [0.2, 0.25) is 5.72 Å². The first-order valence-electron chi connectivity index (χ1n) is 6.48. The number of ether oxygens (including phenoxy) is 1. The predicted octanol–water partition coefficient (Wildman–Crippen LogP) is 1.58. The molecule has 1 saturated heterocycles. The van der Waals surface area contributed by atoms with Crippen molar-refractivity contribution in [3.05, 3.63) is 29.8 Å². The molecule has 1 unspecified atom stereocenters. The van der Waals surface area contributed by atoms with E-state index in [-0.39, 0.29) is 6.61 Å². The fourth-order valence-corrected chi connectivity index (χ4v) is 2.63. The van der Waals surface area contributed by atoms with E-state index in [0.717, 1.165) is 17.1 Å². The van der Waals surface area contributed by atoms with Gasteiger partial charge in [0.25, 0.3) is 0 Å². The third-order valence-corrected chi connectivity index (χ3v) is 3.63. The maximum atomic E-state index is 12.0. The van der Waals surface area contributed by atoms with Gasteiger partial charge in [-0.3, -0.25) is 0 Å². The second kappa shape index (κ2) is 4.35. The van der Waals surface area contributed by atoms with Crippen LogP contribution in [0.2, 0.25) is 0 Å². The number of nitrogens with zero attached hydrogens (tertiary/aromatic N) is 2. The summed E-state index contributed by atoms with van der Waals surface area (Å²) in [7, 11) is 0.